The topological polar surface area (TPSA) is 71.8 Å². The Morgan fingerprint density at radius 1 is 1.12 bits per heavy atom. The third-order valence-electron chi connectivity index (χ3n) is 5.01. The molecule has 162 valence electrons. The lowest BCUT2D eigenvalue weighted by molar-refractivity contribution is 0.102. The molecule has 0 radical (unpaired) electrons. The van der Waals surface area contributed by atoms with Crippen LogP contribution >= 0.6 is 35.3 Å². The Morgan fingerprint density at radius 3 is 2.56 bits per heavy atom. The summed E-state index contributed by atoms with van der Waals surface area (Å²) in [5, 5.41) is 13.2. The third kappa shape index (κ3) is 4.41. The van der Waals surface area contributed by atoms with Crippen LogP contribution in [0.5, 0.6) is 0 Å². The number of nitrogens with zero attached hydrogens (tertiary/aromatic N) is 3. The minimum Gasteiger partial charge on any atom is -0.324 e. The van der Waals surface area contributed by atoms with Crippen LogP contribution in [0.25, 0.3) is 5.70 Å². The normalized spacial score (nSPS) is 14.6. The van der Waals surface area contributed by atoms with Gasteiger partial charge in [-0.1, -0.05) is 59.6 Å². The van der Waals surface area contributed by atoms with Gasteiger partial charge in [0.05, 0.1) is 4.88 Å². The van der Waals surface area contributed by atoms with E-state index in [-0.39, 0.29) is 30.3 Å². The van der Waals surface area contributed by atoms with Gasteiger partial charge >= 0.3 is 0 Å². The van der Waals surface area contributed by atoms with Crippen LogP contribution in [0.4, 0.5) is 11.9 Å². The molecule has 0 bridgehead atoms. The number of thiophene rings is 1. The van der Waals surface area contributed by atoms with Crippen LogP contribution < -0.4 is 10.6 Å². The summed E-state index contributed by atoms with van der Waals surface area (Å²) in [4.78, 5) is 17.6. The van der Waals surface area contributed by atoms with Crippen LogP contribution in [0, 0.1) is 6.92 Å². The number of anilines is 2. The Hall–Kier alpha value is -3.13. The fraction of sp³-hybridized carbons (Fsp3) is 0.0870. The number of hydrogen-bond acceptors (Lipinski definition) is 5. The van der Waals surface area contributed by atoms with Gasteiger partial charge in [-0.25, -0.2) is 4.68 Å². The number of carbonyl (C=O) groups is 1. The zero-order chi connectivity index (χ0) is 21.4. The molecule has 1 aliphatic heterocycles. The zero-order valence-corrected chi connectivity index (χ0v) is 19.3. The van der Waals surface area contributed by atoms with Crippen molar-refractivity contribution in [1.82, 2.24) is 14.8 Å². The molecule has 1 unspecified atom stereocenters. The van der Waals surface area contributed by atoms with Crippen LogP contribution in [0.15, 0.2) is 72.1 Å². The van der Waals surface area contributed by atoms with E-state index in [1.54, 1.807) is 10.7 Å². The van der Waals surface area contributed by atoms with Gasteiger partial charge in [0, 0.05) is 10.7 Å². The number of aryl methyl sites for hydroxylation is 1. The molecule has 1 amide bonds. The predicted octanol–water partition coefficient (Wildman–Crippen LogP) is 6.03. The minimum atomic E-state index is -0.226. The monoisotopic (exact) mass is 483 g/mol. The number of allylic oxidation sites excluding steroid dienone is 1. The van der Waals surface area contributed by atoms with Gasteiger partial charge < -0.3 is 5.32 Å². The van der Waals surface area contributed by atoms with Crippen molar-refractivity contribution < 1.29 is 4.79 Å². The number of nitrogens with one attached hydrogen (secondary N) is 2. The molecule has 9 heteroatoms. The van der Waals surface area contributed by atoms with Crippen molar-refractivity contribution in [1.29, 1.82) is 0 Å². The van der Waals surface area contributed by atoms with Crippen LogP contribution in [-0.2, 0) is 0 Å². The molecule has 2 N–H and O–H groups in total. The summed E-state index contributed by atoms with van der Waals surface area (Å²) in [6, 6.07) is 19.4. The molecule has 1 atom stereocenters. The molecule has 1 aliphatic rings. The summed E-state index contributed by atoms with van der Waals surface area (Å²) in [6.07, 6.45) is 2.10. The highest BCUT2D eigenvalue weighted by atomic mass is 35.5. The van der Waals surface area contributed by atoms with E-state index in [0.717, 1.165) is 16.8 Å². The van der Waals surface area contributed by atoms with Crippen molar-refractivity contribution in [3.63, 3.8) is 0 Å². The molecular weight excluding hydrogens is 465 g/mol. The van der Waals surface area contributed by atoms with Crippen molar-refractivity contribution in [2.24, 2.45) is 0 Å². The van der Waals surface area contributed by atoms with Gasteiger partial charge in [0.25, 0.3) is 11.9 Å². The molecule has 0 aliphatic carbocycles. The zero-order valence-electron chi connectivity index (χ0n) is 16.9. The maximum Gasteiger partial charge on any atom is 0.268 e. The fourth-order valence-electron chi connectivity index (χ4n) is 3.42. The molecule has 6 nitrogen and oxygen atoms in total. The van der Waals surface area contributed by atoms with Crippen LogP contribution in [-0.4, -0.2) is 20.7 Å². The van der Waals surface area contributed by atoms with E-state index in [2.05, 4.69) is 58.0 Å². The second kappa shape index (κ2) is 9.16. The molecule has 3 heterocycles. The molecule has 32 heavy (non-hydrogen) atoms. The highest BCUT2D eigenvalue weighted by Crippen LogP contribution is 2.33. The molecule has 5 rings (SSSR count). The van der Waals surface area contributed by atoms with Gasteiger partial charge in [0.2, 0.25) is 5.95 Å². The highest BCUT2D eigenvalue weighted by Gasteiger charge is 2.26. The first-order chi connectivity index (χ1) is 15.1. The Bertz CT molecular complexity index is 1260. The molecular formula is C23H19Cl2N5OS. The Kier molecular flexibility index (Phi) is 6.32. The summed E-state index contributed by atoms with van der Waals surface area (Å²) >= 11 is 7.43. The van der Waals surface area contributed by atoms with E-state index in [0.29, 0.717) is 15.8 Å². The lowest BCUT2D eigenvalue weighted by Crippen LogP contribution is -2.20. The van der Waals surface area contributed by atoms with E-state index in [9.17, 15) is 4.79 Å². The summed E-state index contributed by atoms with van der Waals surface area (Å²) in [6.45, 7) is 2.06. The second-order valence-corrected chi connectivity index (χ2v) is 8.59. The number of hydrogen-bond donors (Lipinski definition) is 2. The molecule has 0 spiro atoms. The van der Waals surface area contributed by atoms with Crippen molar-refractivity contribution in [2.75, 3.05) is 10.6 Å². The largest absolute Gasteiger partial charge is 0.324 e. The number of carbonyl (C=O) groups excluding carboxylic acids is 1. The van der Waals surface area contributed by atoms with Crippen molar-refractivity contribution in [3.05, 3.63) is 98.7 Å². The van der Waals surface area contributed by atoms with E-state index in [4.69, 9.17) is 11.6 Å². The molecule has 0 saturated heterocycles. The maximum absolute atomic E-state index is 12.5. The smallest absolute Gasteiger partial charge is 0.268 e. The summed E-state index contributed by atoms with van der Waals surface area (Å²) in [5.74, 6) is 0.582. The first-order valence-electron chi connectivity index (χ1n) is 9.69. The van der Waals surface area contributed by atoms with Crippen molar-refractivity contribution >= 4 is 58.8 Å². The lowest BCUT2D eigenvalue weighted by Gasteiger charge is -2.24. The average molecular weight is 484 g/mol. The van der Waals surface area contributed by atoms with Crippen LogP contribution in [0.3, 0.4) is 0 Å². The number of aromatic nitrogens is 3. The number of rotatable bonds is 4. The maximum atomic E-state index is 12.5. The number of amides is 1. The van der Waals surface area contributed by atoms with Gasteiger partial charge in [0.1, 0.15) is 6.04 Å². The quantitative estimate of drug-likeness (QED) is 0.371. The van der Waals surface area contributed by atoms with Gasteiger partial charge in [-0.15, -0.1) is 28.8 Å². The van der Waals surface area contributed by atoms with E-state index >= 15 is 0 Å². The van der Waals surface area contributed by atoms with Crippen LogP contribution in [0.2, 0.25) is 5.02 Å². The number of benzene rings is 2. The third-order valence-corrected chi connectivity index (χ3v) is 6.13. The average Bonchev–Trinajstić information content (AvgIpc) is 3.44. The summed E-state index contributed by atoms with van der Waals surface area (Å²) in [5.41, 5.74) is 4.14. The van der Waals surface area contributed by atoms with Gasteiger partial charge in [-0.3, -0.25) is 10.1 Å². The number of fused-ring (bicyclic) bond motifs is 1. The molecule has 4 aromatic rings. The minimum absolute atomic E-state index is 0. The van der Waals surface area contributed by atoms with Gasteiger partial charge in [-0.05, 0) is 47.7 Å². The fourth-order valence-corrected chi connectivity index (χ4v) is 4.16. The van der Waals surface area contributed by atoms with Crippen molar-refractivity contribution in [3.8, 4) is 0 Å². The van der Waals surface area contributed by atoms with E-state index in [1.807, 2.05) is 35.7 Å². The molecule has 2 aromatic carbocycles. The van der Waals surface area contributed by atoms with Crippen LogP contribution in [0.1, 0.15) is 32.4 Å². The van der Waals surface area contributed by atoms with Gasteiger partial charge in [-0.2, -0.15) is 4.98 Å². The van der Waals surface area contributed by atoms with Gasteiger partial charge in [0.15, 0.2) is 0 Å². The standard InChI is InChI=1S/C23H18ClN5OS.ClH/c1-14-4-6-16(7-5-14)19-13-18(15-8-10-17(24)11-9-15)25-23-27-22(28-29(19)23)26-21(30)20-3-2-12-31-20;/h2-13,19H,1H3,(H2,25,26,27,28,30);1H. The SMILES string of the molecule is Cc1ccc(C2C=C(c3ccc(Cl)cc3)Nc3nc(NC(=O)c4cccs4)nn32)cc1.Cl. The Labute approximate surface area is 200 Å². The highest BCUT2D eigenvalue weighted by molar-refractivity contribution is 7.12. The van der Waals surface area contributed by atoms with E-state index < -0.39 is 0 Å². The second-order valence-electron chi connectivity index (χ2n) is 7.20. The molecule has 0 fully saturated rings. The number of halogens is 2. The first-order valence-corrected chi connectivity index (χ1v) is 11.0. The lowest BCUT2D eigenvalue weighted by atomic mass is 10.0. The molecule has 0 saturated carbocycles. The predicted molar refractivity (Wildman–Crippen MR) is 132 cm³/mol. The first kappa shape index (κ1) is 22.1. The Morgan fingerprint density at radius 2 is 1.88 bits per heavy atom. The van der Waals surface area contributed by atoms with E-state index in [1.165, 1.54) is 16.9 Å². The summed E-state index contributed by atoms with van der Waals surface area (Å²) in [7, 11) is 0. The summed E-state index contributed by atoms with van der Waals surface area (Å²) < 4.78 is 1.79. The molecule has 2 aromatic heterocycles. The van der Waals surface area contributed by atoms with Crippen molar-refractivity contribution in [2.45, 2.75) is 13.0 Å². The Balaban J connectivity index is 0.00000245.